The summed E-state index contributed by atoms with van der Waals surface area (Å²) in [5.41, 5.74) is 2.94. The van der Waals surface area contributed by atoms with Gasteiger partial charge in [-0.05, 0) is 72.5 Å². The third-order valence-corrected chi connectivity index (χ3v) is 4.08. The first-order valence-electron chi connectivity index (χ1n) is 8.36. The number of rotatable bonds is 8. The van der Waals surface area contributed by atoms with Gasteiger partial charge in [0, 0.05) is 12.6 Å². The molecule has 0 amide bonds. The number of piperidine rings is 1. The van der Waals surface area contributed by atoms with Gasteiger partial charge >= 0.3 is 0 Å². The lowest BCUT2D eigenvalue weighted by Crippen LogP contribution is -2.42. The normalized spacial score (nSPS) is 18.3. The van der Waals surface area contributed by atoms with E-state index in [1.165, 1.54) is 62.9 Å². The summed E-state index contributed by atoms with van der Waals surface area (Å²) in [5, 5.41) is 3.70. The molecule has 0 aromatic carbocycles. The Morgan fingerprint density at radius 1 is 1.15 bits per heavy atom. The van der Waals surface area contributed by atoms with Crippen molar-refractivity contribution in [3.05, 3.63) is 23.3 Å². The van der Waals surface area contributed by atoms with Crippen molar-refractivity contribution >= 4 is 0 Å². The smallest absolute Gasteiger partial charge is 0.0140 e. The van der Waals surface area contributed by atoms with Gasteiger partial charge in [-0.15, -0.1) is 0 Å². The Bertz CT molecular complexity index is 305. The van der Waals surface area contributed by atoms with Crippen LogP contribution in [-0.4, -0.2) is 37.1 Å². The lowest BCUT2D eigenvalue weighted by molar-refractivity contribution is 0.200. The molecule has 0 atom stereocenters. The van der Waals surface area contributed by atoms with Gasteiger partial charge in [-0.3, -0.25) is 0 Å². The van der Waals surface area contributed by atoms with Gasteiger partial charge in [0.25, 0.3) is 0 Å². The third-order valence-electron chi connectivity index (χ3n) is 4.08. The maximum Gasteiger partial charge on any atom is 0.0140 e. The Labute approximate surface area is 126 Å². The van der Waals surface area contributed by atoms with E-state index in [-0.39, 0.29) is 0 Å². The molecule has 0 saturated carbocycles. The summed E-state index contributed by atoms with van der Waals surface area (Å²) in [4.78, 5) is 2.60. The van der Waals surface area contributed by atoms with E-state index in [9.17, 15) is 0 Å². The van der Waals surface area contributed by atoms with Gasteiger partial charge in [0.05, 0.1) is 0 Å². The Kier molecular flexibility index (Phi) is 8.88. The minimum absolute atomic E-state index is 0.727. The lowest BCUT2D eigenvalue weighted by Gasteiger charge is -2.32. The van der Waals surface area contributed by atoms with Crippen molar-refractivity contribution in [2.24, 2.45) is 0 Å². The predicted molar refractivity (Wildman–Crippen MR) is 90.2 cm³/mol. The van der Waals surface area contributed by atoms with Gasteiger partial charge in [-0.1, -0.05) is 30.2 Å². The van der Waals surface area contributed by atoms with E-state index in [2.05, 4.69) is 50.1 Å². The molecule has 0 aliphatic carbocycles. The number of nitrogens with one attached hydrogen (secondary N) is 1. The molecule has 2 nitrogen and oxygen atoms in total. The Morgan fingerprint density at radius 3 is 2.45 bits per heavy atom. The topological polar surface area (TPSA) is 15.3 Å². The molecule has 20 heavy (non-hydrogen) atoms. The van der Waals surface area contributed by atoms with E-state index in [1.807, 2.05) is 0 Å². The van der Waals surface area contributed by atoms with Crippen molar-refractivity contribution < 1.29 is 0 Å². The highest BCUT2D eigenvalue weighted by molar-refractivity contribution is 5.03. The molecule has 1 aliphatic rings. The Hall–Kier alpha value is -0.600. The van der Waals surface area contributed by atoms with Gasteiger partial charge in [-0.2, -0.15) is 0 Å². The number of likely N-dealkylation sites (tertiary alicyclic amines) is 1. The molecule has 1 saturated heterocycles. The zero-order valence-electron chi connectivity index (χ0n) is 14.0. The van der Waals surface area contributed by atoms with Crippen LogP contribution in [0.15, 0.2) is 23.3 Å². The fourth-order valence-corrected chi connectivity index (χ4v) is 2.77. The lowest BCUT2D eigenvalue weighted by atomic mass is 10.0. The van der Waals surface area contributed by atoms with E-state index in [1.54, 1.807) is 0 Å². The average molecular weight is 278 g/mol. The van der Waals surface area contributed by atoms with Gasteiger partial charge in [0.2, 0.25) is 0 Å². The fraction of sp³-hybridized carbons (Fsp3) is 0.778. The van der Waals surface area contributed by atoms with Crippen molar-refractivity contribution in [1.29, 1.82) is 0 Å². The molecule has 1 rings (SSSR count). The summed E-state index contributed by atoms with van der Waals surface area (Å²) in [6.07, 6.45) is 11.0. The van der Waals surface area contributed by atoms with E-state index in [0.29, 0.717) is 0 Å². The molecule has 1 heterocycles. The largest absolute Gasteiger partial charge is 0.310 e. The van der Waals surface area contributed by atoms with Gasteiger partial charge in [-0.25, -0.2) is 0 Å². The SMILES string of the molecule is CCCN1CCC(NC/C=C(\C)CCC=C(C)C)CC1. The van der Waals surface area contributed by atoms with Crippen LogP contribution in [0.25, 0.3) is 0 Å². The van der Waals surface area contributed by atoms with Crippen LogP contribution in [0, 0.1) is 0 Å². The maximum absolute atomic E-state index is 3.70. The quantitative estimate of drug-likeness (QED) is 0.671. The van der Waals surface area contributed by atoms with Crippen LogP contribution in [0.3, 0.4) is 0 Å². The molecule has 0 aromatic heterocycles. The minimum Gasteiger partial charge on any atom is -0.310 e. The van der Waals surface area contributed by atoms with E-state index in [0.717, 1.165) is 12.6 Å². The van der Waals surface area contributed by atoms with Crippen molar-refractivity contribution in [1.82, 2.24) is 10.2 Å². The molecule has 1 N–H and O–H groups in total. The van der Waals surface area contributed by atoms with E-state index >= 15 is 0 Å². The monoisotopic (exact) mass is 278 g/mol. The summed E-state index contributed by atoms with van der Waals surface area (Å²) in [7, 11) is 0. The molecular formula is C18H34N2. The third kappa shape index (κ3) is 7.86. The average Bonchev–Trinajstić information content (AvgIpc) is 2.40. The maximum atomic E-state index is 3.70. The fourth-order valence-electron chi connectivity index (χ4n) is 2.77. The van der Waals surface area contributed by atoms with Crippen LogP contribution in [0.5, 0.6) is 0 Å². The van der Waals surface area contributed by atoms with Crippen molar-refractivity contribution in [2.45, 2.75) is 65.8 Å². The van der Waals surface area contributed by atoms with Crippen LogP contribution in [0.4, 0.5) is 0 Å². The molecule has 0 radical (unpaired) electrons. The first-order valence-corrected chi connectivity index (χ1v) is 8.36. The first-order chi connectivity index (χ1) is 9.61. The second kappa shape index (κ2) is 10.2. The molecule has 1 fully saturated rings. The van der Waals surface area contributed by atoms with E-state index in [4.69, 9.17) is 0 Å². The highest BCUT2D eigenvalue weighted by Crippen LogP contribution is 2.11. The molecule has 0 bridgehead atoms. The predicted octanol–water partition coefficient (Wildman–Crippen LogP) is 4.14. The number of hydrogen-bond acceptors (Lipinski definition) is 2. The molecule has 0 aromatic rings. The summed E-state index contributed by atoms with van der Waals surface area (Å²) < 4.78 is 0. The van der Waals surface area contributed by atoms with Crippen LogP contribution in [0.2, 0.25) is 0 Å². The Morgan fingerprint density at radius 2 is 1.85 bits per heavy atom. The molecule has 116 valence electrons. The molecule has 1 aliphatic heterocycles. The zero-order valence-corrected chi connectivity index (χ0v) is 14.0. The second-order valence-corrected chi connectivity index (χ2v) is 6.39. The Balaban J connectivity index is 2.13. The number of hydrogen-bond donors (Lipinski definition) is 1. The summed E-state index contributed by atoms with van der Waals surface area (Å²) in [5.74, 6) is 0. The summed E-state index contributed by atoms with van der Waals surface area (Å²) >= 11 is 0. The summed E-state index contributed by atoms with van der Waals surface area (Å²) in [6, 6.07) is 0.727. The number of allylic oxidation sites excluding steroid dienone is 3. The second-order valence-electron chi connectivity index (χ2n) is 6.39. The first kappa shape index (κ1) is 17.5. The van der Waals surface area contributed by atoms with E-state index < -0.39 is 0 Å². The van der Waals surface area contributed by atoms with Crippen LogP contribution in [-0.2, 0) is 0 Å². The molecule has 0 spiro atoms. The van der Waals surface area contributed by atoms with Crippen molar-refractivity contribution in [3.8, 4) is 0 Å². The summed E-state index contributed by atoms with van der Waals surface area (Å²) in [6.45, 7) is 13.7. The number of nitrogens with zero attached hydrogens (tertiary/aromatic N) is 1. The van der Waals surface area contributed by atoms with Gasteiger partial charge < -0.3 is 10.2 Å². The molecule has 0 unspecified atom stereocenters. The zero-order chi connectivity index (χ0) is 14.8. The van der Waals surface area contributed by atoms with Gasteiger partial charge in [0.15, 0.2) is 0 Å². The minimum atomic E-state index is 0.727. The standard InChI is InChI=1S/C18H34N2/c1-5-13-20-14-10-18(11-15-20)19-12-9-17(4)8-6-7-16(2)3/h7,9,18-19H,5-6,8,10-15H2,1-4H3/b17-9+. The van der Waals surface area contributed by atoms with Gasteiger partial charge in [0.1, 0.15) is 0 Å². The molecular weight excluding hydrogens is 244 g/mol. The van der Waals surface area contributed by atoms with Crippen LogP contribution >= 0.6 is 0 Å². The van der Waals surface area contributed by atoms with Crippen LogP contribution < -0.4 is 5.32 Å². The van der Waals surface area contributed by atoms with Crippen molar-refractivity contribution in [3.63, 3.8) is 0 Å². The van der Waals surface area contributed by atoms with Crippen LogP contribution in [0.1, 0.15) is 59.8 Å². The van der Waals surface area contributed by atoms with Crippen molar-refractivity contribution in [2.75, 3.05) is 26.2 Å². The molecule has 2 heteroatoms. The highest BCUT2D eigenvalue weighted by atomic mass is 15.1. The highest BCUT2D eigenvalue weighted by Gasteiger charge is 2.17.